The van der Waals surface area contributed by atoms with Gasteiger partial charge in [0, 0.05) is 6.42 Å². The van der Waals surface area contributed by atoms with E-state index in [0.717, 1.165) is 6.42 Å². The van der Waals surface area contributed by atoms with Crippen LogP contribution in [0.15, 0.2) is 48.5 Å². The number of hydrogen-bond acceptors (Lipinski definition) is 4. The molecule has 0 saturated heterocycles. The summed E-state index contributed by atoms with van der Waals surface area (Å²) in [7, 11) is 1.60. The molecule has 122 valence electrons. The molecule has 4 nitrogen and oxygen atoms in total. The Bertz CT molecular complexity index is 620. The van der Waals surface area contributed by atoms with Crippen molar-refractivity contribution < 1.29 is 19.0 Å². The van der Waals surface area contributed by atoms with Crippen LogP contribution in [0.3, 0.4) is 0 Å². The van der Waals surface area contributed by atoms with Gasteiger partial charge in [-0.2, -0.15) is 0 Å². The fourth-order valence-electron chi connectivity index (χ4n) is 2.11. The second-order valence-electron chi connectivity index (χ2n) is 5.07. The molecule has 0 N–H and O–H groups in total. The molecule has 0 saturated carbocycles. The SMILES string of the molecule is CCc1ccc(OC(=O)CCCOc2ccccc2OC)cc1. The molecule has 0 aliphatic rings. The average Bonchev–Trinajstić information content (AvgIpc) is 2.59. The highest BCUT2D eigenvalue weighted by Gasteiger charge is 2.06. The van der Waals surface area contributed by atoms with E-state index in [2.05, 4.69) is 6.92 Å². The van der Waals surface area contributed by atoms with Gasteiger partial charge in [-0.3, -0.25) is 4.79 Å². The van der Waals surface area contributed by atoms with Crippen LogP contribution in [0, 0.1) is 0 Å². The topological polar surface area (TPSA) is 44.8 Å². The molecule has 0 unspecified atom stereocenters. The Hall–Kier alpha value is -2.49. The van der Waals surface area contributed by atoms with Crippen molar-refractivity contribution in [2.24, 2.45) is 0 Å². The summed E-state index contributed by atoms with van der Waals surface area (Å²) in [6.07, 6.45) is 1.86. The van der Waals surface area contributed by atoms with Crippen molar-refractivity contribution in [3.63, 3.8) is 0 Å². The van der Waals surface area contributed by atoms with Gasteiger partial charge in [-0.05, 0) is 42.7 Å². The zero-order chi connectivity index (χ0) is 16.5. The van der Waals surface area contributed by atoms with Gasteiger partial charge in [0.05, 0.1) is 13.7 Å². The minimum absolute atomic E-state index is 0.252. The summed E-state index contributed by atoms with van der Waals surface area (Å²) in [6, 6.07) is 15.0. The maximum absolute atomic E-state index is 11.8. The molecule has 0 heterocycles. The molecule has 2 aromatic rings. The number of carbonyl (C=O) groups is 1. The third kappa shape index (κ3) is 5.33. The van der Waals surface area contributed by atoms with Gasteiger partial charge in [0.1, 0.15) is 5.75 Å². The summed E-state index contributed by atoms with van der Waals surface area (Å²) in [6.45, 7) is 2.52. The minimum atomic E-state index is -0.252. The summed E-state index contributed by atoms with van der Waals surface area (Å²) in [5.74, 6) is 1.69. The van der Waals surface area contributed by atoms with Crippen LogP contribution in [-0.2, 0) is 11.2 Å². The third-order valence-electron chi connectivity index (χ3n) is 3.42. The number of esters is 1. The highest BCUT2D eigenvalue weighted by Crippen LogP contribution is 2.25. The van der Waals surface area contributed by atoms with Gasteiger partial charge in [0.25, 0.3) is 0 Å². The van der Waals surface area contributed by atoms with E-state index in [-0.39, 0.29) is 5.97 Å². The highest BCUT2D eigenvalue weighted by atomic mass is 16.5. The van der Waals surface area contributed by atoms with Crippen molar-refractivity contribution in [1.29, 1.82) is 0 Å². The van der Waals surface area contributed by atoms with Gasteiger partial charge in [0.2, 0.25) is 0 Å². The van der Waals surface area contributed by atoms with Crippen LogP contribution in [0.1, 0.15) is 25.3 Å². The van der Waals surface area contributed by atoms with Crippen molar-refractivity contribution in [3.8, 4) is 17.2 Å². The maximum Gasteiger partial charge on any atom is 0.311 e. The van der Waals surface area contributed by atoms with Crippen LogP contribution in [0.25, 0.3) is 0 Å². The third-order valence-corrected chi connectivity index (χ3v) is 3.42. The van der Waals surface area contributed by atoms with Gasteiger partial charge in [-0.25, -0.2) is 0 Å². The smallest absolute Gasteiger partial charge is 0.311 e. The van der Waals surface area contributed by atoms with Gasteiger partial charge in [-0.15, -0.1) is 0 Å². The molecule has 4 heteroatoms. The van der Waals surface area contributed by atoms with E-state index in [9.17, 15) is 4.79 Å². The van der Waals surface area contributed by atoms with Gasteiger partial charge < -0.3 is 14.2 Å². The molecular weight excluding hydrogens is 292 g/mol. The fourth-order valence-corrected chi connectivity index (χ4v) is 2.11. The maximum atomic E-state index is 11.8. The van der Waals surface area contributed by atoms with Crippen LogP contribution in [0.5, 0.6) is 17.2 Å². The number of hydrogen-bond donors (Lipinski definition) is 0. The first kappa shape index (κ1) is 16.9. The Morgan fingerprint density at radius 3 is 2.35 bits per heavy atom. The van der Waals surface area contributed by atoms with Crippen LogP contribution in [0.4, 0.5) is 0 Å². The van der Waals surface area contributed by atoms with Crippen LogP contribution in [0.2, 0.25) is 0 Å². The summed E-state index contributed by atoms with van der Waals surface area (Å²) >= 11 is 0. The zero-order valence-electron chi connectivity index (χ0n) is 13.6. The summed E-state index contributed by atoms with van der Waals surface area (Å²) in [4.78, 5) is 11.8. The Balaban J connectivity index is 1.72. The predicted octanol–water partition coefficient (Wildman–Crippen LogP) is 4.02. The van der Waals surface area contributed by atoms with E-state index in [4.69, 9.17) is 14.2 Å². The Kier molecular flexibility index (Phi) is 6.48. The second kappa shape index (κ2) is 8.83. The lowest BCUT2D eigenvalue weighted by molar-refractivity contribution is -0.134. The Labute approximate surface area is 137 Å². The number of methoxy groups -OCH3 is 1. The molecule has 0 aromatic heterocycles. The lowest BCUT2D eigenvalue weighted by atomic mass is 10.2. The van der Waals surface area contributed by atoms with Crippen molar-refractivity contribution in [2.75, 3.05) is 13.7 Å². The predicted molar refractivity (Wildman–Crippen MR) is 89.2 cm³/mol. The quantitative estimate of drug-likeness (QED) is 0.419. The van der Waals surface area contributed by atoms with E-state index < -0.39 is 0 Å². The number of rotatable bonds is 8. The standard InChI is InChI=1S/C19H22O4/c1-3-15-10-12-16(13-11-15)23-19(20)9-6-14-22-18-8-5-4-7-17(18)21-2/h4-5,7-8,10-13H,3,6,9,14H2,1-2H3. The molecule has 0 aliphatic carbocycles. The zero-order valence-corrected chi connectivity index (χ0v) is 13.6. The molecular formula is C19H22O4. The normalized spacial score (nSPS) is 10.2. The largest absolute Gasteiger partial charge is 0.493 e. The second-order valence-corrected chi connectivity index (χ2v) is 5.07. The molecule has 2 rings (SSSR count). The van der Waals surface area contributed by atoms with Crippen molar-refractivity contribution in [2.45, 2.75) is 26.2 Å². The summed E-state index contributed by atoms with van der Waals surface area (Å²) in [5, 5.41) is 0. The molecule has 0 fully saturated rings. The lowest BCUT2D eigenvalue weighted by Gasteiger charge is -2.10. The summed E-state index contributed by atoms with van der Waals surface area (Å²) < 4.78 is 16.1. The number of carbonyl (C=O) groups excluding carboxylic acids is 1. The van der Waals surface area contributed by atoms with Gasteiger partial charge in [0.15, 0.2) is 11.5 Å². The van der Waals surface area contributed by atoms with E-state index >= 15 is 0 Å². The lowest BCUT2D eigenvalue weighted by Crippen LogP contribution is -2.10. The first-order valence-electron chi connectivity index (χ1n) is 7.78. The van der Waals surface area contributed by atoms with E-state index in [1.807, 2.05) is 48.5 Å². The Morgan fingerprint density at radius 1 is 1.00 bits per heavy atom. The molecule has 0 bridgehead atoms. The van der Waals surface area contributed by atoms with Crippen molar-refractivity contribution in [1.82, 2.24) is 0 Å². The molecule has 0 spiro atoms. The van der Waals surface area contributed by atoms with Crippen LogP contribution < -0.4 is 14.2 Å². The molecule has 0 radical (unpaired) electrons. The van der Waals surface area contributed by atoms with Crippen LogP contribution >= 0.6 is 0 Å². The molecule has 0 aliphatic heterocycles. The number of aryl methyl sites for hydroxylation is 1. The minimum Gasteiger partial charge on any atom is -0.493 e. The first-order chi connectivity index (χ1) is 11.2. The van der Waals surface area contributed by atoms with Gasteiger partial charge in [-0.1, -0.05) is 31.2 Å². The first-order valence-corrected chi connectivity index (χ1v) is 7.78. The molecule has 2 aromatic carbocycles. The van der Waals surface area contributed by atoms with E-state index in [1.165, 1.54) is 5.56 Å². The number of benzene rings is 2. The molecule has 0 amide bonds. The van der Waals surface area contributed by atoms with E-state index in [0.29, 0.717) is 36.7 Å². The average molecular weight is 314 g/mol. The van der Waals surface area contributed by atoms with Crippen molar-refractivity contribution in [3.05, 3.63) is 54.1 Å². The highest BCUT2D eigenvalue weighted by molar-refractivity contribution is 5.72. The number of para-hydroxylation sites is 2. The van der Waals surface area contributed by atoms with Crippen LogP contribution in [-0.4, -0.2) is 19.7 Å². The van der Waals surface area contributed by atoms with Gasteiger partial charge >= 0.3 is 5.97 Å². The van der Waals surface area contributed by atoms with Crippen molar-refractivity contribution >= 4 is 5.97 Å². The number of ether oxygens (including phenoxy) is 3. The van der Waals surface area contributed by atoms with E-state index in [1.54, 1.807) is 7.11 Å². The monoisotopic (exact) mass is 314 g/mol. The Morgan fingerprint density at radius 2 is 1.70 bits per heavy atom. The fraction of sp³-hybridized carbons (Fsp3) is 0.316. The molecule has 23 heavy (non-hydrogen) atoms. The summed E-state index contributed by atoms with van der Waals surface area (Å²) in [5.41, 5.74) is 1.22. The molecule has 0 atom stereocenters.